The highest BCUT2D eigenvalue weighted by Crippen LogP contribution is 2.35. The van der Waals surface area contributed by atoms with E-state index in [4.69, 9.17) is 4.74 Å². The number of esters is 1. The molecule has 2 nitrogen and oxygen atoms in total. The Morgan fingerprint density at radius 1 is 1.50 bits per heavy atom. The molecule has 0 saturated heterocycles. The van der Waals surface area contributed by atoms with Crippen LogP contribution in [-0.2, 0) is 9.53 Å². The standard InChI is InChI=1S/C12H20O2/c1-8(2)11-6-5-7-12(9(11)3)14-10(4)13/h8,11-12H,3,5-7H2,1-2,4H3. The number of ether oxygens (including phenoxy) is 1. The van der Waals surface area contributed by atoms with Crippen molar-refractivity contribution in [3.63, 3.8) is 0 Å². The van der Waals surface area contributed by atoms with E-state index < -0.39 is 0 Å². The van der Waals surface area contributed by atoms with Crippen LogP contribution in [0.4, 0.5) is 0 Å². The molecule has 1 aliphatic rings. The van der Waals surface area contributed by atoms with E-state index in [1.807, 2.05) is 0 Å². The van der Waals surface area contributed by atoms with Gasteiger partial charge in [0.2, 0.25) is 0 Å². The smallest absolute Gasteiger partial charge is 0.303 e. The number of carbonyl (C=O) groups excluding carboxylic acids is 1. The summed E-state index contributed by atoms with van der Waals surface area (Å²) in [7, 11) is 0. The summed E-state index contributed by atoms with van der Waals surface area (Å²) in [5.74, 6) is 0.925. The number of hydrogen-bond donors (Lipinski definition) is 0. The van der Waals surface area contributed by atoms with E-state index in [1.54, 1.807) is 0 Å². The quantitative estimate of drug-likeness (QED) is 0.501. The molecule has 0 aliphatic heterocycles. The summed E-state index contributed by atoms with van der Waals surface area (Å²) >= 11 is 0. The molecule has 0 bridgehead atoms. The second-order valence-corrected chi connectivity index (χ2v) is 4.45. The predicted molar refractivity (Wildman–Crippen MR) is 56.9 cm³/mol. The van der Waals surface area contributed by atoms with Crippen LogP contribution in [0.25, 0.3) is 0 Å². The number of hydrogen-bond acceptors (Lipinski definition) is 2. The molecule has 1 saturated carbocycles. The maximum Gasteiger partial charge on any atom is 0.303 e. The summed E-state index contributed by atoms with van der Waals surface area (Å²) in [5, 5.41) is 0. The van der Waals surface area contributed by atoms with Gasteiger partial charge in [0, 0.05) is 6.92 Å². The third-order valence-electron chi connectivity index (χ3n) is 2.98. The lowest BCUT2D eigenvalue weighted by Gasteiger charge is -2.33. The molecule has 0 aromatic heterocycles. The summed E-state index contributed by atoms with van der Waals surface area (Å²) in [6.45, 7) is 9.94. The summed E-state index contributed by atoms with van der Waals surface area (Å²) in [6, 6.07) is 0. The highest BCUT2D eigenvalue weighted by Gasteiger charge is 2.29. The lowest BCUT2D eigenvalue weighted by molar-refractivity contribution is -0.145. The fraction of sp³-hybridized carbons (Fsp3) is 0.750. The second kappa shape index (κ2) is 4.63. The van der Waals surface area contributed by atoms with E-state index in [2.05, 4.69) is 20.4 Å². The second-order valence-electron chi connectivity index (χ2n) is 4.45. The Hall–Kier alpha value is -0.790. The SMILES string of the molecule is C=C1C(OC(C)=O)CCCC1C(C)C. The van der Waals surface area contributed by atoms with Crippen LogP contribution in [0.5, 0.6) is 0 Å². The van der Waals surface area contributed by atoms with Gasteiger partial charge in [-0.25, -0.2) is 0 Å². The van der Waals surface area contributed by atoms with Crippen molar-refractivity contribution in [2.75, 3.05) is 0 Å². The topological polar surface area (TPSA) is 26.3 Å². The maximum absolute atomic E-state index is 10.9. The van der Waals surface area contributed by atoms with Gasteiger partial charge in [0.15, 0.2) is 0 Å². The molecule has 0 amide bonds. The zero-order chi connectivity index (χ0) is 10.7. The zero-order valence-corrected chi connectivity index (χ0v) is 9.38. The average molecular weight is 196 g/mol. The molecule has 0 aromatic rings. The van der Waals surface area contributed by atoms with Crippen LogP contribution in [0.3, 0.4) is 0 Å². The van der Waals surface area contributed by atoms with Crippen molar-refractivity contribution in [2.24, 2.45) is 11.8 Å². The first kappa shape index (κ1) is 11.3. The molecule has 2 heteroatoms. The van der Waals surface area contributed by atoms with Crippen LogP contribution in [0.15, 0.2) is 12.2 Å². The van der Waals surface area contributed by atoms with Crippen LogP contribution in [0, 0.1) is 11.8 Å². The predicted octanol–water partition coefficient (Wildman–Crippen LogP) is 2.93. The molecule has 0 N–H and O–H groups in total. The highest BCUT2D eigenvalue weighted by atomic mass is 16.5. The molecule has 2 unspecified atom stereocenters. The number of carbonyl (C=O) groups is 1. The Kier molecular flexibility index (Phi) is 3.73. The Balaban J connectivity index is 2.61. The molecule has 1 fully saturated rings. The van der Waals surface area contributed by atoms with Crippen LogP contribution in [-0.4, -0.2) is 12.1 Å². The fourth-order valence-electron chi connectivity index (χ4n) is 2.23. The molecule has 0 spiro atoms. The fourth-order valence-corrected chi connectivity index (χ4v) is 2.23. The van der Waals surface area contributed by atoms with Crippen LogP contribution in [0.2, 0.25) is 0 Å². The lowest BCUT2D eigenvalue weighted by atomic mass is 9.77. The van der Waals surface area contributed by atoms with Crippen molar-refractivity contribution in [3.05, 3.63) is 12.2 Å². The van der Waals surface area contributed by atoms with Crippen molar-refractivity contribution < 1.29 is 9.53 Å². The molecule has 2 atom stereocenters. The van der Waals surface area contributed by atoms with Gasteiger partial charge in [-0.05, 0) is 36.7 Å². The lowest BCUT2D eigenvalue weighted by Crippen LogP contribution is -2.29. The summed E-state index contributed by atoms with van der Waals surface area (Å²) in [5.41, 5.74) is 1.11. The summed E-state index contributed by atoms with van der Waals surface area (Å²) in [4.78, 5) is 10.9. The van der Waals surface area contributed by atoms with Gasteiger partial charge < -0.3 is 4.74 Å². The average Bonchev–Trinajstić information content (AvgIpc) is 2.07. The largest absolute Gasteiger partial charge is 0.458 e. The highest BCUT2D eigenvalue weighted by molar-refractivity contribution is 5.66. The minimum absolute atomic E-state index is 0.0337. The van der Waals surface area contributed by atoms with Gasteiger partial charge in [-0.1, -0.05) is 20.4 Å². The Bertz CT molecular complexity index is 230. The van der Waals surface area contributed by atoms with Gasteiger partial charge in [-0.2, -0.15) is 0 Å². The van der Waals surface area contributed by atoms with Gasteiger partial charge in [0.05, 0.1) is 0 Å². The van der Waals surface area contributed by atoms with E-state index in [1.165, 1.54) is 13.3 Å². The van der Waals surface area contributed by atoms with Crippen LogP contribution in [0.1, 0.15) is 40.0 Å². The molecule has 1 aliphatic carbocycles. The Labute approximate surface area is 86.3 Å². The van der Waals surface area contributed by atoms with E-state index in [0.717, 1.165) is 18.4 Å². The molecule has 14 heavy (non-hydrogen) atoms. The molecule has 0 aromatic carbocycles. The number of rotatable bonds is 2. The van der Waals surface area contributed by atoms with E-state index in [0.29, 0.717) is 11.8 Å². The van der Waals surface area contributed by atoms with Gasteiger partial charge in [0.25, 0.3) is 0 Å². The van der Waals surface area contributed by atoms with Gasteiger partial charge in [-0.15, -0.1) is 0 Å². The maximum atomic E-state index is 10.9. The normalized spacial score (nSPS) is 27.9. The minimum atomic E-state index is -0.194. The van der Waals surface area contributed by atoms with Crippen LogP contribution >= 0.6 is 0 Å². The van der Waals surface area contributed by atoms with Crippen molar-refractivity contribution in [1.82, 2.24) is 0 Å². The molecule has 0 heterocycles. The third kappa shape index (κ3) is 2.60. The molecule has 1 rings (SSSR count). The van der Waals surface area contributed by atoms with Crippen molar-refractivity contribution in [1.29, 1.82) is 0 Å². The van der Waals surface area contributed by atoms with Crippen molar-refractivity contribution >= 4 is 5.97 Å². The monoisotopic (exact) mass is 196 g/mol. The molecular formula is C12H20O2. The molecule has 0 radical (unpaired) electrons. The summed E-state index contributed by atoms with van der Waals surface area (Å²) in [6.07, 6.45) is 3.24. The Morgan fingerprint density at radius 3 is 2.64 bits per heavy atom. The van der Waals surface area contributed by atoms with Crippen LogP contribution < -0.4 is 0 Å². The van der Waals surface area contributed by atoms with Crippen molar-refractivity contribution in [3.8, 4) is 0 Å². The molecular weight excluding hydrogens is 176 g/mol. The van der Waals surface area contributed by atoms with E-state index >= 15 is 0 Å². The van der Waals surface area contributed by atoms with Gasteiger partial charge in [-0.3, -0.25) is 4.79 Å². The zero-order valence-electron chi connectivity index (χ0n) is 9.38. The Morgan fingerprint density at radius 2 is 2.14 bits per heavy atom. The summed E-state index contributed by atoms with van der Waals surface area (Å²) < 4.78 is 5.25. The van der Waals surface area contributed by atoms with Crippen molar-refractivity contribution in [2.45, 2.75) is 46.1 Å². The van der Waals surface area contributed by atoms with E-state index in [9.17, 15) is 4.79 Å². The van der Waals surface area contributed by atoms with Gasteiger partial charge >= 0.3 is 5.97 Å². The first-order chi connectivity index (χ1) is 6.52. The minimum Gasteiger partial charge on any atom is -0.458 e. The van der Waals surface area contributed by atoms with Gasteiger partial charge in [0.1, 0.15) is 6.10 Å². The first-order valence-corrected chi connectivity index (χ1v) is 5.38. The first-order valence-electron chi connectivity index (χ1n) is 5.38. The van der Waals surface area contributed by atoms with E-state index in [-0.39, 0.29) is 12.1 Å². The third-order valence-corrected chi connectivity index (χ3v) is 2.98. The molecule has 80 valence electrons.